The third-order valence-electron chi connectivity index (χ3n) is 16.0. The zero-order valence-electron chi connectivity index (χ0n) is 59.2. The summed E-state index contributed by atoms with van der Waals surface area (Å²) in [5, 5.41) is 42.9. The molecule has 546 valence electrons. The van der Waals surface area contributed by atoms with Gasteiger partial charge < -0.3 is 59.2 Å². The Labute approximate surface area is 617 Å². The predicted octanol–water partition coefficient (Wildman–Crippen LogP) is 12.0. The summed E-state index contributed by atoms with van der Waals surface area (Å²) in [6.45, 7) is 15.8. The topological polar surface area (TPSA) is 347 Å². The van der Waals surface area contributed by atoms with Crippen molar-refractivity contribution in [2.24, 2.45) is 0 Å². The van der Waals surface area contributed by atoms with E-state index in [1.807, 2.05) is 43.3 Å². The highest BCUT2D eigenvalue weighted by Crippen LogP contribution is 2.38. The standard InChI is InChI=1S/C20H19N3O4.C14H17NO3.C13H15NO4.C10H11NO.C9H9NO2.C7H5ClN2.C4H7BrO2/c1-3-26-20(25)12-23-16-5-4-6-17(15(16)7-8-19(23)24)27-18-10-14(11-21)9-13(2)22-18;1-3-18-14(17)9-15-12-6-4-5-10(2)11(12)7-8-13(15)16;1-2-18-13(17)8-14-10-4-3-5-11(15)9(10)6-7-12(14)16;1-7-3-2-4-9-8(7)5-6-10(12)11-9;11-8-3-1-2-7-6(8)4-5-9(12)10-7;1-5-2-6(4-9)3-7(8)10-5;1-2-7-4(6)3-5/h4-6,9-10H,3,7-8,12H2,1-2H3;4-6H,3,7-9H2,1-2H3;3-5,15H,2,6-8H2,1H3;2-4H,5-6H2,1H3,(H,11,12);1-3,11H,4-5H2,(H,10,12);2-3H,1H3;2-3H2,1H3. The number of nitrogens with zero attached hydrogens (tertiary/aromatic N) is 7. The van der Waals surface area contributed by atoms with E-state index in [1.165, 1.54) is 31.9 Å². The zero-order valence-corrected chi connectivity index (χ0v) is 61.5. The summed E-state index contributed by atoms with van der Waals surface area (Å²) < 4.78 is 25.1. The number of benzene rings is 5. The van der Waals surface area contributed by atoms with Crippen LogP contribution in [-0.4, -0.2) is 125 Å². The smallest absolute Gasteiger partial charge is 0.326 e. The molecule has 27 heteroatoms. The van der Waals surface area contributed by atoms with Gasteiger partial charge in [0.15, 0.2) is 0 Å². The van der Waals surface area contributed by atoms with Crippen molar-refractivity contribution in [2.45, 2.75) is 120 Å². The number of alkyl halides is 1. The van der Waals surface area contributed by atoms with E-state index in [-0.39, 0.29) is 92.2 Å². The summed E-state index contributed by atoms with van der Waals surface area (Å²) in [6, 6.07) is 37.8. The Morgan fingerprint density at radius 3 is 1.36 bits per heavy atom. The number of carbonyl (C=O) groups is 9. The molecule has 0 unspecified atom stereocenters. The van der Waals surface area contributed by atoms with Crippen LogP contribution in [0, 0.1) is 50.4 Å². The van der Waals surface area contributed by atoms with Gasteiger partial charge in [-0.05, 0) is 176 Å². The minimum Gasteiger partial charge on any atom is -0.508 e. The molecule has 104 heavy (non-hydrogen) atoms. The number of esters is 4. The lowest BCUT2D eigenvalue weighted by atomic mass is 9.97. The van der Waals surface area contributed by atoms with Crippen molar-refractivity contribution < 1.29 is 77.0 Å². The molecule has 0 atom stereocenters. The molecular weight excluding hydrogens is 1420 g/mol. The first-order chi connectivity index (χ1) is 49.8. The van der Waals surface area contributed by atoms with Crippen LogP contribution < -0.4 is 30.1 Å². The Bertz CT molecular complexity index is 4190. The van der Waals surface area contributed by atoms with Gasteiger partial charge in [-0.2, -0.15) is 10.5 Å². The van der Waals surface area contributed by atoms with E-state index >= 15 is 0 Å². The number of hydrogen-bond acceptors (Lipinski definition) is 20. The van der Waals surface area contributed by atoms with Gasteiger partial charge in [0.25, 0.3) is 0 Å². The maximum absolute atomic E-state index is 12.3. The molecule has 7 aromatic rings. The molecule has 0 bridgehead atoms. The summed E-state index contributed by atoms with van der Waals surface area (Å²) in [5.41, 5.74) is 13.5. The van der Waals surface area contributed by atoms with E-state index < -0.39 is 11.9 Å². The molecule has 5 amide bonds. The number of nitriles is 2. The van der Waals surface area contributed by atoms with Gasteiger partial charge in [-0.25, -0.2) is 9.97 Å². The average Bonchev–Trinajstić information content (AvgIpc) is 0.811. The quantitative estimate of drug-likeness (QED) is 0.0360. The summed E-state index contributed by atoms with van der Waals surface area (Å²) in [6.07, 6.45) is 5.38. The van der Waals surface area contributed by atoms with E-state index in [0.29, 0.717) is 114 Å². The number of aryl methyl sites for hydroxylation is 4. The number of amides is 5. The second kappa shape index (κ2) is 41.0. The van der Waals surface area contributed by atoms with Crippen LogP contribution in [0.15, 0.2) is 115 Å². The largest absolute Gasteiger partial charge is 0.508 e. The highest BCUT2D eigenvalue weighted by Gasteiger charge is 2.31. The van der Waals surface area contributed by atoms with Crippen LogP contribution in [0.4, 0.5) is 28.4 Å². The zero-order chi connectivity index (χ0) is 76.0. The number of halogens is 2. The first-order valence-corrected chi connectivity index (χ1v) is 35.1. The second-order valence-corrected chi connectivity index (χ2v) is 24.3. The van der Waals surface area contributed by atoms with Gasteiger partial charge in [-0.15, -0.1) is 0 Å². The molecular formula is C77H83BrClN9O16. The maximum atomic E-state index is 12.3. The molecule has 0 saturated carbocycles. The van der Waals surface area contributed by atoms with Gasteiger partial charge in [-0.3, -0.25) is 43.2 Å². The van der Waals surface area contributed by atoms with Crippen molar-refractivity contribution >= 4 is 109 Å². The number of fused-ring (bicyclic) bond motifs is 5. The van der Waals surface area contributed by atoms with Crippen LogP contribution in [-0.2, 0) is 94.2 Å². The number of ether oxygens (including phenoxy) is 5. The number of rotatable bonds is 13. The van der Waals surface area contributed by atoms with Crippen LogP contribution in [0.2, 0.25) is 5.15 Å². The van der Waals surface area contributed by atoms with Crippen molar-refractivity contribution in [1.82, 2.24) is 9.97 Å². The molecule has 0 fully saturated rings. The third-order valence-corrected chi connectivity index (χ3v) is 16.6. The van der Waals surface area contributed by atoms with E-state index in [2.05, 4.69) is 60.3 Å². The normalized spacial score (nSPS) is 13.2. The molecule has 0 radical (unpaired) electrons. The average molecular weight is 1510 g/mol. The Morgan fingerprint density at radius 1 is 0.481 bits per heavy atom. The Balaban J connectivity index is 0.000000198. The summed E-state index contributed by atoms with van der Waals surface area (Å²) in [4.78, 5) is 116. The molecule has 5 aliphatic rings. The van der Waals surface area contributed by atoms with Gasteiger partial charge in [0.05, 0.1) is 61.1 Å². The number of aromatic hydroxyl groups is 2. The van der Waals surface area contributed by atoms with Crippen LogP contribution in [0.1, 0.15) is 121 Å². The van der Waals surface area contributed by atoms with Gasteiger partial charge >= 0.3 is 23.9 Å². The van der Waals surface area contributed by atoms with Gasteiger partial charge in [-0.1, -0.05) is 70.0 Å². The maximum Gasteiger partial charge on any atom is 0.326 e. The highest BCUT2D eigenvalue weighted by atomic mass is 79.9. The molecule has 4 N–H and O–H groups in total. The van der Waals surface area contributed by atoms with Crippen LogP contribution in [0.25, 0.3) is 0 Å². The minimum absolute atomic E-state index is 0.00310. The van der Waals surface area contributed by atoms with E-state index in [4.69, 9.17) is 41.1 Å². The number of nitrogens with one attached hydrogen (secondary N) is 2. The fraction of sp³-hybridized carbons (Fsp3) is 0.338. The van der Waals surface area contributed by atoms with Crippen molar-refractivity contribution in [3.05, 3.63) is 182 Å². The Hall–Kier alpha value is -11.2. The van der Waals surface area contributed by atoms with Crippen molar-refractivity contribution in [1.29, 1.82) is 10.5 Å². The monoisotopic (exact) mass is 1500 g/mol. The Morgan fingerprint density at radius 2 is 0.865 bits per heavy atom. The van der Waals surface area contributed by atoms with Gasteiger partial charge in [0.1, 0.15) is 47.4 Å². The minimum atomic E-state index is -0.455. The number of phenols is 2. The molecule has 0 saturated heterocycles. The molecule has 5 aliphatic heterocycles. The highest BCUT2D eigenvalue weighted by molar-refractivity contribution is 9.09. The number of pyridine rings is 2. The third kappa shape index (κ3) is 24.2. The lowest BCUT2D eigenvalue weighted by Crippen LogP contribution is -2.39. The molecule has 12 rings (SSSR count). The van der Waals surface area contributed by atoms with Crippen molar-refractivity contribution in [3.63, 3.8) is 0 Å². The Kier molecular flexibility index (Phi) is 32.2. The first-order valence-electron chi connectivity index (χ1n) is 33.6. The summed E-state index contributed by atoms with van der Waals surface area (Å²) in [7, 11) is 0. The molecule has 7 heterocycles. The summed E-state index contributed by atoms with van der Waals surface area (Å²) >= 11 is 8.51. The van der Waals surface area contributed by atoms with Crippen LogP contribution >= 0.6 is 27.5 Å². The second-order valence-electron chi connectivity index (χ2n) is 23.4. The molecule has 2 aromatic heterocycles. The lowest BCUT2D eigenvalue weighted by Gasteiger charge is -2.29. The van der Waals surface area contributed by atoms with Gasteiger partial charge in [0, 0.05) is 83.3 Å². The van der Waals surface area contributed by atoms with Crippen LogP contribution in [0.3, 0.4) is 0 Å². The molecule has 0 aliphatic carbocycles. The fourth-order valence-corrected chi connectivity index (χ4v) is 11.7. The van der Waals surface area contributed by atoms with E-state index in [1.54, 1.807) is 114 Å². The van der Waals surface area contributed by atoms with Gasteiger partial charge in [0.2, 0.25) is 35.4 Å². The van der Waals surface area contributed by atoms with Crippen molar-refractivity contribution in [2.75, 3.05) is 76.7 Å². The summed E-state index contributed by atoms with van der Waals surface area (Å²) in [5.74, 6) is -0.281. The lowest BCUT2D eigenvalue weighted by molar-refractivity contribution is -0.143. The molecule has 25 nitrogen and oxygen atoms in total. The number of hydrogen-bond donors (Lipinski definition) is 4. The SMILES string of the molecule is CCOC(=O)CBr.CCOC(=O)CN1C(=O)CCc2c(C)cccc21.CCOC(=O)CN1C(=O)CCc2c(O)cccc21.CCOC(=O)CN1C(=O)CCc2c(Oc3cc(C#N)cc(C)n3)cccc21.Cc1cc(C#N)cc(Cl)n1.Cc1cccc2c1CCC(=O)N2.O=C1CCc2c(O)cccc2N1. The fourth-order valence-electron chi connectivity index (χ4n) is 11.3. The van der Waals surface area contributed by atoms with Crippen LogP contribution in [0.5, 0.6) is 23.1 Å². The number of anilines is 5. The van der Waals surface area contributed by atoms with Crippen molar-refractivity contribution in [3.8, 4) is 35.3 Å². The van der Waals surface area contributed by atoms with E-state index in [9.17, 15) is 53.4 Å². The molecule has 5 aromatic carbocycles. The number of carbonyl (C=O) groups excluding carboxylic acids is 9. The number of aromatic nitrogens is 2. The van der Waals surface area contributed by atoms with E-state index in [0.717, 1.165) is 57.9 Å². The predicted molar refractivity (Wildman–Crippen MR) is 394 cm³/mol. The first kappa shape index (κ1) is 81.7. The number of phenolic OH excluding ortho intramolecular Hbond substituents is 2. The molecule has 0 spiro atoms.